The maximum absolute atomic E-state index is 12.8. The summed E-state index contributed by atoms with van der Waals surface area (Å²) in [6, 6.07) is 9.46. The molecule has 8 heteroatoms. The Labute approximate surface area is 160 Å². The van der Waals surface area contributed by atoms with Gasteiger partial charge in [-0.3, -0.25) is 9.78 Å². The number of hydrogen-bond acceptors (Lipinski definition) is 5. The fourth-order valence-electron chi connectivity index (χ4n) is 2.52. The summed E-state index contributed by atoms with van der Waals surface area (Å²) >= 11 is 0. The predicted octanol–water partition coefficient (Wildman–Crippen LogP) is 3.15. The van der Waals surface area contributed by atoms with E-state index in [2.05, 4.69) is 10.3 Å². The van der Waals surface area contributed by atoms with Crippen molar-refractivity contribution in [1.29, 1.82) is 0 Å². The van der Waals surface area contributed by atoms with Crippen molar-refractivity contribution in [3.8, 4) is 5.75 Å². The quantitative estimate of drug-likeness (QED) is 0.747. The Morgan fingerprint density at radius 2 is 1.89 bits per heavy atom. The van der Waals surface area contributed by atoms with Gasteiger partial charge in [0.25, 0.3) is 5.91 Å². The van der Waals surface area contributed by atoms with E-state index in [-0.39, 0.29) is 22.4 Å². The van der Waals surface area contributed by atoms with Gasteiger partial charge >= 0.3 is 0 Å². The van der Waals surface area contributed by atoms with Crippen LogP contribution in [0.4, 0.5) is 5.69 Å². The first-order valence-corrected chi connectivity index (χ1v) is 10.3. The number of pyridine rings is 1. The smallest absolute Gasteiger partial charge is 0.274 e. The topological polar surface area (TPSA) is 88.6 Å². The fraction of sp³-hybridized carbons (Fsp3) is 0.368. The minimum Gasteiger partial charge on any atom is -0.489 e. The third kappa shape index (κ3) is 5.05. The molecule has 2 aromatic rings. The minimum absolute atomic E-state index is 0.0960. The van der Waals surface area contributed by atoms with Crippen molar-refractivity contribution < 1.29 is 17.9 Å². The van der Waals surface area contributed by atoms with Gasteiger partial charge in [0.15, 0.2) is 0 Å². The number of nitrogens with one attached hydrogen (secondary N) is 1. The molecule has 27 heavy (non-hydrogen) atoms. The van der Waals surface area contributed by atoms with Gasteiger partial charge in [-0.1, -0.05) is 19.9 Å². The van der Waals surface area contributed by atoms with Crippen LogP contribution in [0, 0.1) is 0 Å². The highest BCUT2D eigenvalue weighted by Gasteiger charge is 2.23. The SMILES string of the molecule is CCN(CC)S(=O)(=O)c1ccc(OC(C)C)c(NC(=O)c2ccccn2)c1. The van der Waals surface area contributed by atoms with Gasteiger partial charge in [-0.25, -0.2) is 8.42 Å². The number of sulfonamides is 1. The number of carbonyl (C=O) groups excluding carboxylic acids is 1. The Morgan fingerprint density at radius 1 is 1.19 bits per heavy atom. The van der Waals surface area contributed by atoms with E-state index < -0.39 is 15.9 Å². The van der Waals surface area contributed by atoms with Crippen LogP contribution < -0.4 is 10.1 Å². The molecule has 1 aromatic heterocycles. The van der Waals surface area contributed by atoms with Crippen LogP contribution in [0.1, 0.15) is 38.2 Å². The van der Waals surface area contributed by atoms with Crippen LogP contribution in [0.5, 0.6) is 5.75 Å². The molecule has 0 fully saturated rings. The standard InChI is InChI=1S/C19H25N3O4S/c1-5-22(6-2)27(24,25)15-10-11-18(26-14(3)4)17(13-15)21-19(23)16-9-7-8-12-20-16/h7-14H,5-6H2,1-4H3,(H,21,23). The van der Waals surface area contributed by atoms with Crippen molar-refractivity contribution in [1.82, 2.24) is 9.29 Å². The first kappa shape index (κ1) is 20.9. The highest BCUT2D eigenvalue weighted by molar-refractivity contribution is 7.89. The molecule has 7 nitrogen and oxygen atoms in total. The van der Waals surface area contributed by atoms with Crippen molar-refractivity contribution in [2.24, 2.45) is 0 Å². The number of amides is 1. The maximum Gasteiger partial charge on any atom is 0.274 e. The molecule has 0 aliphatic carbocycles. The summed E-state index contributed by atoms with van der Waals surface area (Å²) in [6.45, 7) is 7.98. The van der Waals surface area contributed by atoms with Gasteiger partial charge in [-0.05, 0) is 44.2 Å². The molecule has 0 unspecified atom stereocenters. The number of anilines is 1. The molecule has 0 saturated carbocycles. The van der Waals surface area contributed by atoms with Crippen LogP contribution >= 0.6 is 0 Å². The predicted molar refractivity (Wildman–Crippen MR) is 105 cm³/mol. The van der Waals surface area contributed by atoms with E-state index in [1.165, 1.54) is 22.6 Å². The van der Waals surface area contributed by atoms with E-state index in [4.69, 9.17) is 4.74 Å². The van der Waals surface area contributed by atoms with Gasteiger partial charge in [0.1, 0.15) is 11.4 Å². The molecule has 1 amide bonds. The summed E-state index contributed by atoms with van der Waals surface area (Å²) in [4.78, 5) is 16.6. The van der Waals surface area contributed by atoms with Crippen LogP contribution in [0.15, 0.2) is 47.5 Å². The Morgan fingerprint density at radius 3 is 2.44 bits per heavy atom. The molecular formula is C19H25N3O4S. The van der Waals surface area contributed by atoms with Crippen LogP contribution in [-0.2, 0) is 10.0 Å². The molecule has 1 aromatic carbocycles. The Balaban J connectivity index is 2.44. The minimum atomic E-state index is -3.66. The second-order valence-electron chi connectivity index (χ2n) is 6.08. The Hall–Kier alpha value is -2.45. The molecule has 0 aliphatic heterocycles. The van der Waals surface area contributed by atoms with Gasteiger partial charge in [-0.15, -0.1) is 0 Å². The number of benzene rings is 1. The average Bonchev–Trinajstić information content (AvgIpc) is 2.64. The van der Waals surface area contributed by atoms with Gasteiger partial charge in [0, 0.05) is 19.3 Å². The number of carbonyl (C=O) groups is 1. The first-order chi connectivity index (χ1) is 12.8. The second kappa shape index (κ2) is 8.96. The fourth-order valence-corrected chi connectivity index (χ4v) is 4.00. The van der Waals surface area contributed by atoms with Crippen LogP contribution in [-0.4, -0.2) is 42.8 Å². The Bertz CT molecular complexity index is 879. The van der Waals surface area contributed by atoms with E-state index in [9.17, 15) is 13.2 Å². The maximum atomic E-state index is 12.8. The zero-order valence-electron chi connectivity index (χ0n) is 16.0. The summed E-state index contributed by atoms with van der Waals surface area (Å²) in [5.41, 5.74) is 0.512. The average molecular weight is 391 g/mol. The lowest BCUT2D eigenvalue weighted by Gasteiger charge is -2.20. The number of hydrogen-bond donors (Lipinski definition) is 1. The Kier molecular flexibility index (Phi) is 6.92. The van der Waals surface area contributed by atoms with E-state index >= 15 is 0 Å². The number of rotatable bonds is 8. The molecule has 2 rings (SSSR count). The third-order valence-electron chi connectivity index (χ3n) is 3.80. The van der Waals surface area contributed by atoms with Crippen LogP contribution in [0.3, 0.4) is 0 Å². The van der Waals surface area contributed by atoms with Gasteiger partial charge in [0.05, 0.1) is 16.7 Å². The normalized spacial score (nSPS) is 11.6. The highest BCUT2D eigenvalue weighted by Crippen LogP contribution is 2.30. The molecule has 0 bridgehead atoms. The molecule has 0 saturated heterocycles. The molecule has 0 aliphatic rings. The molecule has 1 heterocycles. The van der Waals surface area contributed by atoms with Crippen molar-refractivity contribution in [3.05, 3.63) is 48.3 Å². The zero-order valence-corrected chi connectivity index (χ0v) is 16.8. The van der Waals surface area contributed by atoms with Gasteiger partial charge in [-0.2, -0.15) is 4.31 Å². The summed E-state index contributed by atoms with van der Waals surface area (Å²) < 4.78 is 32.7. The largest absolute Gasteiger partial charge is 0.489 e. The first-order valence-electron chi connectivity index (χ1n) is 8.82. The van der Waals surface area contributed by atoms with E-state index in [1.54, 1.807) is 38.1 Å². The summed E-state index contributed by atoms with van der Waals surface area (Å²) in [6.07, 6.45) is 1.38. The molecule has 0 spiro atoms. The lowest BCUT2D eigenvalue weighted by molar-refractivity contribution is 0.102. The summed E-state index contributed by atoms with van der Waals surface area (Å²) in [5.74, 6) is -0.0469. The number of ether oxygens (including phenoxy) is 1. The van der Waals surface area contributed by atoms with E-state index in [0.29, 0.717) is 18.8 Å². The summed E-state index contributed by atoms with van der Waals surface area (Å²) in [7, 11) is -3.66. The van der Waals surface area contributed by atoms with Crippen molar-refractivity contribution in [2.45, 2.75) is 38.7 Å². The molecule has 1 N–H and O–H groups in total. The molecular weight excluding hydrogens is 366 g/mol. The lowest BCUT2D eigenvalue weighted by Crippen LogP contribution is -2.30. The monoisotopic (exact) mass is 391 g/mol. The van der Waals surface area contributed by atoms with Gasteiger partial charge < -0.3 is 10.1 Å². The highest BCUT2D eigenvalue weighted by atomic mass is 32.2. The van der Waals surface area contributed by atoms with Crippen molar-refractivity contribution in [2.75, 3.05) is 18.4 Å². The third-order valence-corrected chi connectivity index (χ3v) is 5.85. The van der Waals surface area contributed by atoms with Crippen molar-refractivity contribution in [3.63, 3.8) is 0 Å². The number of aromatic nitrogens is 1. The molecule has 146 valence electrons. The molecule has 0 atom stereocenters. The zero-order chi connectivity index (χ0) is 20.0. The van der Waals surface area contributed by atoms with Crippen LogP contribution in [0.2, 0.25) is 0 Å². The molecule has 0 radical (unpaired) electrons. The summed E-state index contributed by atoms with van der Waals surface area (Å²) in [5, 5.41) is 2.71. The van der Waals surface area contributed by atoms with E-state index in [0.717, 1.165) is 0 Å². The van der Waals surface area contributed by atoms with Gasteiger partial charge in [0.2, 0.25) is 10.0 Å². The van der Waals surface area contributed by atoms with Crippen LogP contribution in [0.25, 0.3) is 0 Å². The van der Waals surface area contributed by atoms with E-state index in [1.807, 2.05) is 13.8 Å². The number of nitrogens with zero attached hydrogens (tertiary/aromatic N) is 2. The lowest BCUT2D eigenvalue weighted by atomic mass is 10.2. The van der Waals surface area contributed by atoms with Crippen molar-refractivity contribution >= 4 is 21.6 Å². The second-order valence-corrected chi connectivity index (χ2v) is 8.02.